The number of nitrogens with zero attached hydrogens (tertiary/aromatic N) is 3. The second kappa shape index (κ2) is 9.92. The van der Waals surface area contributed by atoms with E-state index >= 15 is 0 Å². The van der Waals surface area contributed by atoms with Crippen molar-refractivity contribution in [2.45, 2.75) is 26.8 Å². The molecule has 0 bridgehead atoms. The normalized spacial score (nSPS) is 10.9. The lowest BCUT2D eigenvalue weighted by atomic mass is 10.1. The number of carbonyl (C=O) groups is 2. The van der Waals surface area contributed by atoms with Gasteiger partial charge in [0.15, 0.2) is 0 Å². The number of rotatable bonds is 8. The van der Waals surface area contributed by atoms with Crippen LogP contribution in [0.25, 0.3) is 17.3 Å². The number of esters is 2. The van der Waals surface area contributed by atoms with Gasteiger partial charge in [0.25, 0.3) is 0 Å². The second-order valence-corrected chi connectivity index (χ2v) is 5.51. The Balaban J connectivity index is 2.37. The van der Waals surface area contributed by atoms with Crippen LogP contribution in [0.4, 0.5) is 0 Å². The molecule has 0 spiro atoms. The van der Waals surface area contributed by atoms with Crippen LogP contribution in [0.15, 0.2) is 42.1 Å². The van der Waals surface area contributed by atoms with Gasteiger partial charge in [-0.1, -0.05) is 30.3 Å². The number of carbonyl (C=O) groups excluding carboxylic acids is 2. The molecule has 0 atom stereocenters. The number of aromatic nitrogens is 2. The van der Waals surface area contributed by atoms with Crippen molar-refractivity contribution in [3.63, 3.8) is 0 Å². The molecule has 7 heteroatoms. The van der Waals surface area contributed by atoms with Gasteiger partial charge in [-0.3, -0.25) is 9.48 Å². The fourth-order valence-electron chi connectivity index (χ4n) is 2.42. The van der Waals surface area contributed by atoms with E-state index in [9.17, 15) is 14.9 Å². The van der Waals surface area contributed by atoms with Crippen LogP contribution in [0.1, 0.15) is 25.8 Å². The number of benzene rings is 1. The highest BCUT2D eigenvalue weighted by Gasteiger charge is 2.15. The van der Waals surface area contributed by atoms with E-state index in [4.69, 9.17) is 9.47 Å². The van der Waals surface area contributed by atoms with E-state index in [2.05, 4.69) is 5.10 Å². The number of hydrogen-bond acceptors (Lipinski definition) is 6. The third-order valence-electron chi connectivity index (χ3n) is 3.60. The average molecular weight is 367 g/mol. The largest absolute Gasteiger partial charge is 0.466 e. The van der Waals surface area contributed by atoms with Gasteiger partial charge in [-0.25, -0.2) is 4.79 Å². The Morgan fingerprint density at radius 2 is 1.89 bits per heavy atom. The van der Waals surface area contributed by atoms with Gasteiger partial charge in [-0.15, -0.1) is 0 Å². The van der Waals surface area contributed by atoms with Gasteiger partial charge >= 0.3 is 11.9 Å². The van der Waals surface area contributed by atoms with Crippen LogP contribution < -0.4 is 0 Å². The minimum Gasteiger partial charge on any atom is -0.466 e. The monoisotopic (exact) mass is 367 g/mol. The van der Waals surface area contributed by atoms with Crippen molar-refractivity contribution >= 4 is 18.0 Å². The lowest BCUT2D eigenvalue weighted by Gasteiger charge is -2.02. The molecule has 2 aromatic rings. The van der Waals surface area contributed by atoms with Gasteiger partial charge in [-0.2, -0.15) is 10.4 Å². The summed E-state index contributed by atoms with van der Waals surface area (Å²) in [6.45, 7) is 4.26. The van der Waals surface area contributed by atoms with Crippen molar-refractivity contribution in [1.29, 1.82) is 5.26 Å². The number of ether oxygens (including phenoxy) is 2. The predicted octanol–water partition coefficient (Wildman–Crippen LogP) is 2.97. The summed E-state index contributed by atoms with van der Waals surface area (Å²) in [5.41, 5.74) is 1.92. The SMILES string of the molecule is CCOC(=O)CCn1cc(/C=C(\C#N)C(=O)OCC)c(-c2ccccc2)n1. The summed E-state index contributed by atoms with van der Waals surface area (Å²) in [6, 6.07) is 11.3. The van der Waals surface area contributed by atoms with E-state index in [1.54, 1.807) is 24.7 Å². The Morgan fingerprint density at radius 1 is 1.19 bits per heavy atom. The molecular weight excluding hydrogens is 346 g/mol. The zero-order chi connectivity index (χ0) is 19.6. The van der Waals surface area contributed by atoms with Crippen LogP contribution in [-0.2, 0) is 25.6 Å². The molecule has 0 radical (unpaired) electrons. The summed E-state index contributed by atoms with van der Waals surface area (Å²) in [5.74, 6) is -0.992. The first-order valence-electron chi connectivity index (χ1n) is 8.66. The summed E-state index contributed by atoms with van der Waals surface area (Å²) in [4.78, 5) is 23.5. The number of nitriles is 1. The van der Waals surface area contributed by atoms with Gasteiger partial charge in [0, 0.05) is 17.3 Å². The molecule has 27 heavy (non-hydrogen) atoms. The molecule has 0 saturated carbocycles. The third-order valence-corrected chi connectivity index (χ3v) is 3.60. The average Bonchev–Trinajstić information content (AvgIpc) is 3.08. The molecule has 2 rings (SSSR count). The predicted molar refractivity (Wildman–Crippen MR) is 99.1 cm³/mol. The molecule has 140 valence electrons. The minimum absolute atomic E-state index is 0.112. The van der Waals surface area contributed by atoms with Crippen molar-refractivity contribution in [2.75, 3.05) is 13.2 Å². The van der Waals surface area contributed by atoms with E-state index in [0.29, 0.717) is 24.4 Å². The van der Waals surface area contributed by atoms with Crippen molar-refractivity contribution < 1.29 is 19.1 Å². The maximum atomic E-state index is 11.9. The maximum absolute atomic E-state index is 11.9. The first-order valence-corrected chi connectivity index (χ1v) is 8.66. The van der Waals surface area contributed by atoms with Crippen molar-refractivity contribution in [1.82, 2.24) is 9.78 Å². The van der Waals surface area contributed by atoms with Crippen LogP contribution in [0.2, 0.25) is 0 Å². The molecule has 0 fully saturated rings. The van der Waals surface area contributed by atoms with Crippen LogP contribution in [0, 0.1) is 11.3 Å². The molecule has 1 aromatic heterocycles. The Labute approximate surface area is 157 Å². The first kappa shape index (κ1) is 19.9. The lowest BCUT2D eigenvalue weighted by Crippen LogP contribution is -2.09. The summed E-state index contributed by atoms with van der Waals surface area (Å²) < 4.78 is 11.4. The molecule has 7 nitrogen and oxygen atoms in total. The molecule has 0 aliphatic carbocycles. The van der Waals surface area contributed by atoms with Crippen molar-refractivity contribution in [2.24, 2.45) is 0 Å². The van der Waals surface area contributed by atoms with Crippen LogP contribution in [-0.4, -0.2) is 34.9 Å². The second-order valence-electron chi connectivity index (χ2n) is 5.51. The summed E-state index contributed by atoms with van der Waals surface area (Å²) in [6.07, 6.45) is 3.32. The number of hydrogen-bond donors (Lipinski definition) is 0. The van der Waals surface area contributed by atoms with E-state index in [0.717, 1.165) is 5.56 Å². The fourth-order valence-corrected chi connectivity index (χ4v) is 2.42. The van der Waals surface area contributed by atoms with Gasteiger partial charge in [0.05, 0.1) is 31.9 Å². The summed E-state index contributed by atoms with van der Waals surface area (Å²) in [5, 5.41) is 13.8. The first-order chi connectivity index (χ1) is 13.1. The van der Waals surface area contributed by atoms with Crippen LogP contribution in [0.3, 0.4) is 0 Å². The van der Waals surface area contributed by atoms with Crippen molar-refractivity contribution in [3.05, 3.63) is 47.7 Å². The van der Waals surface area contributed by atoms with E-state index in [1.807, 2.05) is 36.4 Å². The number of aryl methyl sites for hydroxylation is 1. The van der Waals surface area contributed by atoms with Crippen LogP contribution in [0.5, 0.6) is 0 Å². The van der Waals surface area contributed by atoms with E-state index < -0.39 is 5.97 Å². The highest BCUT2D eigenvalue weighted by Crippen LogP contribution is 2.24. The smallest absolute Gasteiger partial charge is 0.348 e. The van der Waals surface area contributed by atoms with E-state index in [1.165, 1.54) is 6.08 Å². The molecule has 0 aliphatic heterocycles. The Morgan fingerprint density at radius 3 is 2.52 bits per heavy atom. The summed E-state index contributed by atoms with van der Waals surface area (Å²) >= 11 is 0. The maximum Gasteiger partial charge on any atom is 0.348 e. The highest BCUT2D eigenvalue weighted by molar-refractivity contribution is 5.98. The Bertz CT molecular complexity index is 863. The molecule has 1 aromatic carbocycles. The van der Waals surface area contributed by atoms with Gasteiger partial charge < -0.3 is 9.47 Å². The molecule has 1 heterocycles. The molecule has 0 N–H and O–H groups in total. The molecular formula is C20H21N3O4. The zero-order valence-electron chi connectivity index (χ0n) is 15.3. The Kier molecular flexibility index (Phi) is 7.32. The molecule has 0 saturated heterocycles. The highest BCUT2D eigenvalue weighted by atomic mass is 16.5. The van der Waals surface area contributed by atoms with Gasteiger partial charge in [-0.05, 0) is 19.9 Å². The molecule has 0 aliphatic rings. The van der Waals surface area contributed by atoms with Gasteiger partial charge in [0.2, 0.25) is 0 Å². The zero-order valence-corrected chi connectivity index (χ0v) is 15.3. The van der Waals surface area contributed by atoms with E-state index in [-0.39, 0.29) is 24.6 Å². The molecule has 0 amide bonds. The Hall–Kier alpha value is -3.40. The van der Waals surface area contributed by atoms with Gasteiger partial charge in [0.1, 0.15) is 11.6 Å². The third kappa shape index (κ3) is 5.54. The van der Waals surface area contributed by atoms with Crippen molar-refractivity contribution in [3.8, 4) is 17.3 Å². The van der Waals surface area contributed by atoms with Crippen LogP contribution >= 0.6 is 0 Å². The summed E-state index contributed by atoms with van der Waals surface area (Å²) in [7, 11) is 0. The minimum atomic E-state index is -0.682. The fraction of sp³-hybridized carbons (Fsp3) is 0.300. The molecule has 0 unspecified atom stereocenters. The standard InChI is InChI=1S/C20H21N3O4/c1-3-26-18(24)10-11-23-14-17(12-16(13-21)20(25)27-4-2)19(22-23)15-8-6-5-7-9-15/h5-9,12,14H,3-4,10-11H2,1-2H3/b16-12+. The lowest BCUT2D eigenvalue weighted by molar-refractivity contribution is -0.143. The quantitative estimate of drug-likeness (QED) is 0.404. The topological polar surface area (TPSA) is 94.2 Å².